The number of aromatic nitrogens is 1. The van der Waals surface area contributed by atoms with E-state index < -0.39 is 0 Å². The average molecular weight is 465 g/mol. The van der Waals surface area contributed by atoms with E-state index in [-0.39, 0.29) is 17.4 Å². The highest BCUT2D eigenvalue weighted by Gasteiger charge is 2.25. The second kappa shape index (κ2) is 9.08. The average Bonchev–Trinajstić information content (AvgIpc) is 3.13. The molecule has 3 aromatic carbocycles. The molecule has 0 radical (unpaired) electrons. The summed E-state index contributed by atoms with van der Waals surface area (Å²) in [7, 11) is 0. The van der Waals surface area contributed by atoms with Crippen LogP contribution >= 0.6 is 11.6 Å². The number of ketones is 1. The zero-order chi connectivity index (χ0) is 22.9. The molecule has 0 atom stereocenters. The van der Waals surface area contributed by atoms with E-state index in [2.05, 4.69) is 9.47 Å². The van der Waals surface area contributed by atoms with Crippen LogP contribution in [-0.4, -0.2) is 28.3 Å². The number of hydrogen-bond donors (Lipinski definition) is 0. The highest BCUT2D eigenvalue weighted by atomic mass is 35.5. The van der Waals surface area contributed by atoms with Gasteiger partial charge in [-0.2, -0.15) is 0 Å². The van der Waals surface area contributed by atoms with Crippen molar-refractivity contribution in [3.8, 4) is 5.69 Å². The lowest BCUT2D eigenvalue weighted by atomic mass is 10.0. The number of carbonyl (C=O) groups is 1. The van der Waals surface area contributed by atoms with Gasteiger partial charge in [-0.15, -0.1) is 0 Å². The largest absolute Gasteiger partial charge is 0.313 e. The van der Waals surface area contributed by atoms with Gasteiger partial charge in [0, 0.05) is 53.3 Å². The summed E-state index contributed by atoms with van der Waals surface area (Å²) >= 11 is 5.90. The second-order valence-corrected chi connectivity index (χ2v) is 8.89. The number of fused-ring (bicyclic) bond motifs is 3. The summed E-state index contributed by atoms with van der Waals surface area (Å²) in [6.07, 6.45) is 2.02. The maximum atomic E-state index is 14.1. The molecule has 1 aliphatic rings. The van der Waals surface area contributed by atoms with Crippen LogP contribution in [-0.2, 0) is 13.0 Å². The highest BCUT2D eigenvalue weighted by molar-refractivity contribution is 6.30. The Kier molecular flexibility index (Phi) is 6.00. The first-order valence-corrected chi connectivity index (χ1v) is 11.5. The van der Waals surface area contributed by atoms with E-state index in [4.69, 9.17) is 11.6 Å². The molecule has 0 amide bonds. The quantitative estimate of drug-likeness (QED) is 0.301. The van der Waals surface area contributed by atoms with E-state index >= 15 is 0 Å². The third-order valence-electron chi connectivity index (χ3n) is 6.32. The zero-order valence-corrected chi connectivity index (χ0v) is 18.8. The Labute approximate surface area is 196 Å². The molecule has 0 saturated carbocycles. The number of benzene rings is 3. The molecule has 1 aromatic heterocycles. The maximum Gasteiger partial charge on any atom is 0.162 e. The lowest BCUT2D eigenvalue weighted by Gasteiger charge is -2.28. The fraction of sp³-hybridized carbons (Fsp3) is 0.222. The minimum Gasteiger partial charge on any atom is -0.313 e. The number of carbonyl (C=O) groups excluding carboxylic acids is 1. The van der Waals surface area contributed by atoms with Crippen molar-refractivity contribution in [3.05, 3.63) is 100 Å². The molecule has 0 aliphatic carbocycles. The number of halogens is 3. The molecule has 2 heterocycles. The van der Waals surface area contributed by atoms with Crippen molar-refractivity contribution in [1.82, 2.24) is 9.47 Å². The van der Waals surface area contributed by atoms with Crippen LogP contribution in [0.5, 0.6) is 0 Å². The fourth-order valence-electron chi connectivity index (χ4n) is 4.71. The molecule has 0 N–H and O–H groups in total. The lowest BCUT2D eigenvalue weighted by Crippen LogP contribution is -2.32. The topological polar surface area (TPSA) is 25.2 Å². The smallest absolute Gasteiger partial charge is 0.162 e. The predicted octanol–water partition coefficient (Wildman–Crippen LogP) is 6.58. The van der Waals surface area contributed by atoms with Gasteiger partial charge in [-0.1, -0.05) is 11.6 Å². The Bertz CT molecular complexity index is 1310. The van der Waals surface area contributed by atoms with Crippen LogP contribution in [0.1, 0.15) is 34.5 Å². The van der Waals surface area contributed by atoms with Gasteiger partial charge < -0.3 is 4.57 Å². The van der Waals surface area contributed by atoms with E-state index in [1.807, 2.05) is 0 Å². The molecule has 4 aromatic rings. The number of hydrogen-bond acceptors (Lipinski definition) is 2. The van der Waals surface area contributed by atoms with Gasteiger partial charge in [0.1, 0.15) is 11.6 Å². The fourth-order valence-corrected chi connectivity index (χ4v) is 4.83. The minimum absolute atomic E-state index is 0.111. The highest BCUT2D eigenvalue weighted by Crippen LogP contribution is 2.34. The Morgan fingerprint density at radius 2 is 1.67 bits per heavy atom. The van der Waals surface area contributed by atoms with Gasteiger partial charge in [0.15, 0.2) is 5.78 Å². The summed E-state index contributed by atoms with van der Waals surface area (Å²) in [5.41, 5.74) is 4.71. The van der Waals surface area contributed by atoms with Crippen molar-refractivity contribution in [2.24, 2.45) is 0 Å². The predicted molar refractivity (Wildman–Crippen MR) is 127 cm³/mol. The Balaban J connectivity index is 1.35. The van der Waals surface area contributed by atoms with Crippen LogP contribution in [0, 0.1) is 11.6 Å². The number of nitrogens with zero attached hydrogens (tertiary/aromatic N) is 2. The molecular weight excluding hydrogens is 442 g/mol. The van der Waals surface area contributed by atoms with Gasteiger partial charge in [-0.3, -0.25) is 9.69 Å². The van der Waals surface area contributed by atoms with Gasteiger partial charge >= 0.3 is 0 Å². The first kappa shape index (κ1) is 21.8. The van der Waals surface area contributed by atoms with Crippen molar-refractivity contribution < 1.29 is 13.6 Å². The van der Waals surface area contributed by atoms with Crippen molar-refractivity contribution in [1.29, 1.82) is 0 Å². The third-order valence-corrected chi connectivity index (χ3v) is 6.57. The Morgan fingerprint density at radius 1 is 0.939 bits per heavy atom. The lowest BCUT2D eigenvalue weighted by molar-refractivity contribution is 0.0973. The molecule has 3 nitrogen and oxygen atoms in total. The molecule has 0 saturated heterocycles. The summed E-state index contributed by atoms with van der Waals surface area (Å²) in [6.45, 7) is 2.33. The Hall–Kier alpha value is -3.02. The van der Waals surface area contributed by atoms with Crippen molar-refractivity contribution in [3.63, 3.8) is 0 Å². The van der Waals surface area contributed by atoms with Crippen LogP contribution in [0.25, 0.3) is 16.6 Å². The van der Waals surface area contributed by atoms with Crippen LogP contribution in [0.15, 0.2) is 66.7 Å². The van der Waals surface area contributed by atoms with Gasteiger partial charge in [0.25, 0.3) is 0 Å². The first-order valence-electron chi connectivity index (χ1n) is 11.1. The van der Waals surface area contributed by atoms with Gasteiger partial charge in [0.05, 0.1) is 5.52 Å². The maximum absolute atomic E-state index is 14.1. The second-order valence-electron chi connectivity index (χ2n) is 8.46. The minimum atomic E-state index is -0.283. The number of rotatable bonds is 6. The molecule has 0 bridgehead atoms. The molecule has 0 unspecified atom stereocenters. The van der Waals surface area contributed by atoms with Crippen LogP contribution in [0.3, 0.4) is 0 Å². The van der Waals surface area contributed by atoms with Gasteiger partial charge in [-0.25, -0.2) is 8.78 Å². The van der Waals surface area contributed by atoms with Crippen molar-refractivity contribution in [2.75, 3.05) is 13.1 Å². The molecule has 33 heavy (non-hydrogen) atoms. The van der Waals surface area contributed by atoms with Crippen molar-refractivity contribution >= 4 is 28.3 Å². The van der Waals surface area contributed by atoms with E-state index in [9.17, 15) is 13.6 Å². The van der Waals surface area contributed by atoms with Crippen LogP contribution in [0.4, 0.5) is 8.78 Å². The molecule has 6 heteroatoms. The first-order chi connectivity index (χ1) is 16.0. The summed E-state index contributed by atoms with van der Waals surface area (Å²) < 4.78 is 29.7. The van der Waals surface area contributed by atoms with E-state index in [1.165, 1.54) is 18.2 Å². The Morgan fingerprint density at radius 3 is 2.42 bits per heavy atom. The van der Waals surface area contributed by atoms with E-state index in [0.717, 1.165) is 53.8 Å². The number of Topliss-reactive ketones (excluding diaryl/α,β-unsaturated/α-hetero) is 1. The molecule has 0 spiro atoms. The molecule has 5 rings (SSSR count). The van der Waals surface area contributed by atoms with Gasteiger partial charge in [-0.05, 0) is 85.3 Å². The summed E-state index contributed by atoms with van der Waals surface area (Å²) in [5.74, 6) is -0.443. The SMILES string of the molecule is O=C(CCCN1CCc2c(c3cc(F)ccc3n2-c2ccc(F)cc2)C1)c1ccc(Cl)cc1. The molecule has 0 fully saturated rings. The molecule has 168 valence electrons. The standard InChI is InChI=1S/C27H23ClF2N2O/c28-19-5-3-18(4-6-19)27(33)2-1-14-31-15-13-26-24(17-31)23-16-21(30)9-12-25(23)32(26)22-10-7-20(29)8-11-22/h3-12,16H,1-2,13-15,17H2. The van der Waals surface area contributed by atoms with Crippen LogP contribution < -0.4 is 0 Å². The summed E-state index contributed by atoms with van der Waals surface area (Å²) in [5, 5.41) is 1.50. The molecular formula is C27H23ClF2N2O. The zero-order valence-electron chi connectivity index (χ0n) is 18.0. The van der Waals surface area contributed by atoms with E-state index in [1.54, 1.807) is 48.5 Å². The molecule has 1 aliphatic heterocycles. The van der Waals surface area contributed by atoms with Crippen molar-refractivity contribution in [2.45, 2.75) is 25.8 Å². The van der Waals surface area contributed by atoms with E-state index in [0.29, 0.717) is 23.6 Å². The van der Waals surface area contributed by atoms with Crippen LogP contribution in [0.2, 0.25) is 5.02 Å². The summed E-state index contributed by atoms with van der Waals surface area (Å²) in [4.78, 5) is 14.8. The monoisotopic (exact) mass is 464 g/mol. The normalized spacial score (nSPS) is 13.9. The summed E-state index contributed by atoms with van der Waals surface area (Å²) in [6, 6.07) is 18.2. The third kappa shape index (κ3) is 4.43. The van der Waals surface area contributed by atoms with Gasteiger partial charge in [0.2, 0.25) is 0 Å².